The fraction of sp³-hybridized carbons (Fsp3) is 0.900. The van der Waals surface area contributed by atoms with Gasteiger partial charge in [0, 0.05) is 12.8 Å². The molecule has 0 N–H and O–H groups in total. The highest BCUT2D eigenvalue weighted by atomic mass is 16.5. The molecular weight excluding hydrogens is 152 g/mol. The van der Waals surface area contributed by atoms with Crippen LogP contribution >= 0.6 is 0 Å². The highest BCUT2D eigenvalue weighted by Gasteiger charge is 2.25. The minimum Gasteiger partial charge on any atom is -0.375 e. The van der Waals surface area contributed by atoms with Crippen molar-refractivity contribution in [1.29, 1.82) is 0 Å². The van der Waals surface area contributed by atoms with Crippen LogP contribution in [0.3, 0.4) is 0 Å². The van der Waals surface area contributed by atoms with Crippen molar-refractivity contribution in [1.82, 2.24) is 0 Å². The molecule has 2 nitrogen and oxygen atoms in total. The molecule has 12 heavy (non-hydrogen) atoms. The van der Waals surface area contributed by atoms with Gasteiger partial charge in [0.15, 0.2) is 0 Å². The summed E-state index contributed by atoms with van der Waals surface area (Å²) >= 11 is 0. The van der Waals surface area contributed by atoms with Gasteiger partial charge in [0.1, 0.15) is 5.78 Å². The van der Waals surface area contributed by atoms with Crippen molar-refractivity contribution >= 4 is 5.78 Å². The summed E-state index contributed by atoms with van der Waals surface area (Å²) in [6.07, 6.45) is 8.17. The zero-order valence-electron chi connectivity index (χ0n) is 7.42. The molecule has 2 aliphatic rings. The van der Waals surface area contributed by atoms with Crippen LogP contribution in [-0.2, 0) is 9.53 Å². The van der Waals surface area contributed by atoms with Crippen molar-refractivity contribution in [3.8, 4) is 0 Å². The van der Waals surface area contributed by atoms with Gasteiger partial charge in [0.2, 0.25) is 0 Å². The van der Waals surface area contributed by atoms with E-state index < -0.39 is 0 Å². The normalized spacial score (nSPS) is 27.2. The summed E-state index contributed by atoms with van der Waals surface area (Å²) in [5.41, 5.74) is 0. The largest absolute Gasteiger partial charge is 0.375 e. The molecule has 2 rings (SSSR count). The van der Waals surface area contributed by atoms with Gasteiger partial charge < -0.3 is 4.74 Å². The lowest BCUT2D eigenvalue weighted by atomic mass is 9.93. The summed E-state index contributed by atoms with van der Waals surface area (Å²) in [4.78, 5) is 10.9. The van der Waals surface area contributed by atoms with E-state index in [4.69, 9.17) is 4.74 Å². The Morgan fingerprint density at radius 2 is 1.58 bits per heavy atom. The average Bonchev–Trinajstić information content (AvgIpc) is 2.00. The molecule has 2 heteroatoms. The molecule has 0 heterocycles. The van der Waals surface area contributed by atoms with Crippen LogP contribution in [0.25, 0.3) is 0 Å². The maximum Gasteiger partial charge on any atom is 0.133 e. The van der Waals surface area contributed by atoms with E-state index >= 15 is 0 Å². The number of rotatable bonds is 2. The molecule has 0 radical (unpaired) electrons. The second-order valence-electron chi connectivity index (χ2n) is 3.93. The molecule has 0 atom stereocenters. The third-order valence-corrected chi connectivity index (χ3v) is 2.93. The Hall–Kier alpha value is -0.370. The van der Waals surface area contributed by atoms with Crippen LogP contribution in [-0.4, -0.2) is 18.0 Å². The number of carbonyl (C=O) groups is 1. The molecule has 0 saturated heterocycles. The SMILES string of the molecule is O=C1CCC(OC2CCC2)CC1. The van der Waals surface area contributed by atoms with Gasteiger partial charge in [-0.1, -0.05) is 0 Å². The van der Waals surface area contributed by atoms with E-state index in [9.17, 15) is 4.79 Å². The van der Waals surface area contributed by atoms with Gasteiger partial charge in [-0.15, -0.1) is 0 Å². The van der Waals surface area contributed by atoms with Crippen molar-refractivity contribution in [3.05, 3.63) is 0 Å². The number of carbonyl (C=O) groups excluding carboxylic acids is 1. The predicted molar refractivity (Wildman–Crippen MR) is 46.0 cm³/mol. The third-order valence-electron chi connectivity index (χ3n) is 2.93. The Labute approximate surface area is 73.3 Å². The first-order valence-corrected chi connectivity index (χ1v) is 5.02. The molecule has 0 unspecified atom stereocenters. The molecule has 0 spiro atoms. The first kappa shape index (κ1) is 8.24. The van der Waals surface area contributed by atoms with Crippen LogP contribution in [0.15, 0.2) is 0 Å². The van der Waals surface area contributed by atoms with Gasteiger partial charge in [0.05, 0.1) is 12.2 Å². The van der Waals surface area contributed by atoms with Crippen molar-refractivity contribution in [2.45, 2.75) is 57.2 Å². The summed E-state index contributed by atoms with van der Waals surface area (Å²) < 4.78 is 5.82. The number of hydrogen-bond donors (Lipinski definition) is 0. The van der Waals surface area contributed by atoms with Crippen molar-refractivity contribution < 1.29 is 9.53 Å². The van der Waals surface area contributed by atoms with Gasteiger partial charge in [0.25, 0.3) is 0 Å². The Morgan fingerprint density at radius 3 is 2.08 bits per heavy atom. The van der Waals surface area contributed by atoms with Gasteiger partial charge >= 0.3 is 0 Å². The maximum absolute atomic E-state index is 10.9. The first-order valence-electron chi connectivity index (χ1n) is 5.02. The van der Waals surface area contributed by atoms with Gasteiger partial charge in [-0.25, -0.2) is 0 Å². The van der Waals surface area contributed by atoms with Crippen LogP contribution < -0.4 is 0 Å². The zero-order chi connectivity index (χ0) is 8.39. The van der Waals surface area contributed by atoms with E-state index in [1.165, 1.54) is 19.3 Å². The molecular formula is C10H16O2. The molecule has 68 valence electrons. The fourth-order valence-electron chi connectivity index (χ4n) is 1.83. The molecule has 2 fully saturated rings. The van der Waals surface area contributed by atoms with Gasteiger partial charge in [-0.3, -0.25) is 4.79 Å². The standard InChI is InChI=1S/C10H16O2/c11-8-4-6-10(7-5-8)12-9-2-1-3-9/h9-10H,1-7H2. The molecule has 0 bridgehead atoms. The Bertz CT molecular complexity index is 163. The lowest BCUT2D eigenvalue weighted by Crippen LogP contribution is -2.30. The predicted octanol–water partition coefficient (Wildman–Crippen LogP) is 2.07. The molecule has 2 saturated carbocycles. The first-order chi connectivity index (χ1) is 5.84. The van der Waals surface area contributed by atoms with E-state index in [1.807, 2.05) is 0 Å². The highest BCUT2D eigenvalue weighted by Crippen LogP contribution is 2.27. The number of hydrogen-bond acceptors (Lipinski definition) is 2. The summed E-state index contributed by atoms with van der Waals surface area (Å²) in [5.74, 6) is 0.420. The van der Waals surface area contributed by atoms with Crippen LogP contribution in [0.5, 0.6) is 0 Å². The Morgan fingerprint density at radius 1 is 1.00 bits per heavy atom. The van der Waals surface area contributed by atoms with Crippen molar-refractivity contribution in [3.63, 3.8) is 0 Å². The van der Waals surface area contributed by atoms with E-state index in [0.717, 1.165) is 25.7 Å². The molecule has 2 aliphatic carbocycles. The minimum absolute atomic E-state index is 0.396. The summed E-state index contributed by atoms with van der Waals surface area (Å²) in [6, 6.07) is 0. The molecule has 0 amide bonds. The van der Waals surface area contributed by atoms with E-state index in [-0.39, 0.29) is 0 Å². The summed E-state index contributed by atoms with van der Waals surface area (Å²) in [6.45, 7) is 0. The van der Waals surface area contributed by atoms with Crippen LogP contribution in [0, 0.1) is 0 Å². The second kappa shape index (κ2) is 3.56. The lowest BCUT2D eigenvalue weighted by molar-refractivity contribution is -0.126. The number of ether oxygens (including phenoxy) is 1. The fourth-order valence-corrected chi connectivity index (χ4v) is 1.83. The van der Waals surface area contributed by atoms with E-state index in [2.05, 4.69) is 0 Å². The Balaban J connectivity index is 1.70. The van der Waals surface area contributed by atoms with E-state index in [0.29, 0.717) is 18.0 Å². The molecule has 0 aliphatic heterocycles. The molecule has 0 aromatic rings. The van der Waals surface area contributed by atoms with Crippen molar-refractivity contribution in [2.24, 2.45) is 0 Å². The number of ketones is 1. The van der Waals surface area contributed by atoms with Crippen LogP contribution in [0.4, 0.5) is 0 Å². The van der Waals surface area contributed by atoms with Crippen molar-refractivity contribution in [2.75, 3.05) is 0 Å². The number of Topliss-reactive ketones (excluding diaryl/α,β-unsaturated/α-hetero) is 1. The maximum atomic E-state index is 10.9. The monoisotopic (exact) mass is 168 g/mol. The average molecular weight is 168 g/mol. The minimum atomic E-state index is 0.396. The molecule has 0 aromatic heterocycles. The van der Waals surface area contributed by atoms with E-state index in [1.54, 1.807) is 0 Å². The molecule has 0 aromatic carbocycles. The van der Waals surface area contributed by atoms with Crippen LogP contribution in [0.1, 0.15) is 44.9 Å². The summed E-state index contributed by atoms with van der Waals surface area (Å²) in [5, 5.41) is 0. The van der Waals surface area contributed by atoms with Gasteiger partial charge in [-0.05, 0) is 32.1 Å². The van der Waals surface area contributed by atoms with Gasteiger partial charge in [-0.2, -0.15) is 0 Å². The Kier molecular flexibility index (Phi) is 2.45. The summed E-state index contributed by atoms with van der Waals surface area (Å²) in [7, 11) is 0. The highest BCUT2D eigenvalue weighted by molar-refractivity contribution is 5.79. The van der Waals surface area contributed by atoms with Crippen LogP contribution in [0.2, 0.25) is 0 Å². The lowest BCUT2D eigenvalue weighted by Gasteiger charge is -2.32. The third kappa shape index (κ3) is 1.86. The smallest absolute Gasteiger partial charge is 0.133 e. The topological polar surface area (TPSA) is 26.3 Å². The zero-order valence-corrected chi connectivity index (χ0v) is 7.42. The quantitative estimate of drug-likeness (QED) is 0.631. The second-order valence-corrected chi connectivity index (χ2v) is 3.93.